The van der Waals surface area contributed by atoms with Crippen LogP contribution in [0.25, 0.3) is 0 Å². The standard InChI is InChI=1S/C2H4ClO.Na/c3-1-2-4;/h1-2H2;/q-1;+1. The summed E-state index contributed by atoms with van der Waals surface area (Å²) in [4.78, 5) is 0. The van der Waals surface area contributed by atoms with Crippen molar-refractivity contribution in [2.24, 2.45) is 0 Å². The predicted molar refractivity (Wildman–Crippen MR) is 15.6 cm³/mol. The van der Waals surface area contributed by atoms with Gasteiger partial charge >= 0.3 is 29.6 Å². The Morgan fingerprint density at radius 2 is 1.80 bits per heavy atom. The fraction of sp³-hybridized carbons (Fsp3) is 1.00. The van der Waals surface area contributed by atoms with E-state index in [0.29, 0.717) is 0 Å². The third-order valence-corrected chi connectivity index (χ3v) is 0.231. The summed E-state index contributed by atoms with van der Waals surface area (Å²) in [7, 11) is 0. The molecule has 26 valence electrons. The van der Waals surface area contributed by atoms with Crippen LogP contribution in [0.15, 0.2) is 0 Å². The van der Waals surface area contributed by atoms with Gasteiger partial charge in [-0.3, -0.25) is 0 Å². The minimum atomic E-state index is -0.165. The van der Waals surface area contributed by atoms with Crippen molar-refractivity contribution in [1.82, 2.24) is 0 Å². The Labute approximate surface area is 58.6 Å². The number of hydrogen-bond acceptors (Lipinski definition) is 1. The summed E-state index contributed by atoms with van der Waals surface area (Å²) in [5, 5.41) is 9.17. The second-order valence-electron chi connectivity index (χ2n) is 0.393. The van der Waals surface area contributed by atoms with Gasteiger partial charge in [-0.15, -0.1) is 18.2 Å². The monoisotopic (exact) mass is 102 g/mol. The van der Waals surface area contributed by atoms with Crippen molar-refractivity contribution in [3.63, 3.8) is 0 Å². The topological polar surface area (TPSA) is 23.1 Å². The van der Waals surface area contributed by atoms with E-state index in [-0.39, 0.29) is 42.0 Å². The molecule has 0 aliphatic rings. The molecule has 0 aliphatic heterocycles. The first kappa shape index (κ1) is 9.54. The Balaban J connectivity index is 0. The molecular formula is C2H4ClNaO. The normalized spacial score (nSPS) is 6.00. The molecule has 0 heterocycles. The number of alkyl halides is 1. The van der Waals surface area contributed by atoms with Crippen LogP contribution >= 0.6 is 11.6 Å². The van der Waals surface area contributed by atoms with E-state index >= 15 is 0 Å². The van der Waals surface area contributed by atoms with Gasteiger partial charge in [-0.2, -0.15) is 0 Å². The summed E-state index contributed by atoms with van der Waals surface area (Å²) < 4.78 is 0. The van der Waals surface area contributed by atoms with Crippen LogP contribution in [0.1, 0.15) is 0 Å². The van der Waals surface area contributed by atoms with E-state index in [2.05, 4.69) is 0 Å². The molecular weight excluding hydrogens is 98.5 g/mol. The zero-order valence-electron chi connectivity index (χ0n) is 3.20. The van der Waals surface area contributed by atoms with Crippen molar-refractivity contribution in [3.8, 4) is 0 Å². The van der Waals surface area contributed by atoms with Gasteiger partial charge in [0.15, 0.2) is 0 Å². The molecule has 0 radical (unpaired) electrons. The first-order valence-corrected chi connectivity index (χ1v) is 1.59. The molecule has 0 amide bonds. The van der Waals surface area contributed by atoms with Gasteiger partial charge in [-0.1, -0.05) is 0 Å². The van der Waals surface area contributed by atoms with E-state index in [0.717, 1.165) is 0 Å². The zero-order chi connectivity index (χ0) is 3.41. The average Bonchev–Trinajstić information content (AvgIpc) is 1.37. The maximum atomic E-state index is 9.17. The third-order valence-electron chi connectivity index (χ3n) is 0.0772. The van der Waals surface area contributed by atoms with Gasteiger partial charge in [0, 0.05) is 5.88 Å². The van der Waals surface area contributed by atoms with Crippen molar-refractivity contribution in [2.75, 3.05) is 12.5 Å². The van der Waals surface area contributed by atoms with Crippen LogP contribution in [0.2, 0.25) is 0 Å². The summed E-state index contributed by atoms with van der Waals surface area (Å²) in [6, 6.07) is 0. The molecule has 0 N–H and O–H groups in total. The largest absolute Gasteiger partial charge is 1.00 e. The van der Waals surface area contributed by atoms with Gasteiger partial charge in [0.05, 0.1) is 0 Å². The molecule has 5 heavy (non-hydrogen) atoms. The minimum absolute atomic E-state index is 0. The van der Waals surface area contributed by atoms with Crippen LogP contribution in [-0.4, -0.2) is 12.5 Å². The van der Waals surface area contributed by atoms with E-state index in [4.69, 9.17) is 16.7 Å². The van der Waals surface area contributed by atoms with Gasteiger partial charge in [-0.25, -0.2) is 0 Å². The molecule has 3 heteroatoms. The van der Waals surface area contributed by atoms with Gasteiger partial charge in [0.1, 0.15) is 0 Å². The number of hydrogen-bond donors (Lipinski definition) is 0. The average molecular weight is 102 g/mol. The van der Waals surface area contributed by atoms with Crippen LogP contribution in [0.4, 0.5) is 0 Å². The molecule has 0 atom stereocenters. The molecule has 0 aromatic carbocycles. The second kappa shape index (κ2) is 8.98. The summed E-state index contributed by atoms with van der Waals surface area (Å²) in [5.41, 5.74) is 0. The van der Waals surface area contributed by atoms with Gasteiger partial charge in [0.2, 0.25) is 0 Å². The molecule has 0 saturated heterocycles. The minimum Gasteiger partial charge on any atom is -0.854 e. The molecule has 0 aromatic rings. The Morgan fingerprint density at radius 1 is 1.60 bits per heavy atom. The summed E-state index contributed by atoms with van der Waals surface area (Å²) in [6.07, 6.45) is 0. The van der Waals surface area contributed by atoms with Crippen LogP contribution in [-0.2, 0) is 0 Å². The number of halogens is 1. The summed E-state index contributed by atoms with van der Waals surface area (Å²) in [6.45, 7) is -0.165. The van der Waals surface area contributed by atoms with Crippen LogP contribution in [0.5, 0.6) is 0 Å². The van der Waals surface area contributed by atoms with Crippen molar-refractivity contribution in [1.29, 1.82) is 0 Å². The third kappa shape index (κ3) is 11.0. The van der Waals surface area contributed by atoms with E-state index in [9.17, 15) is 0 Å². The zero-order valence-corrected chi connectivity index (χ0v) is 5.96. The van der Waals surface area contributed by atoms with Crippen molar-refractivity contribution in [2.45, 2.75) is 0 Å². The van der Waals surface area contributed by atoms with Crippen LogP contribution in [0.3, 0.4) is 0 Å². The Hall–Kier alpha value is 1.25. The van der Waals surface area contributed by atoms with Crippen LogP contribution < -0.4 is 34.7 Å². The maximum Gasteiger partial charge on any atom is 1.00 e. The van der Waals surface area contributed by atoms with Crippen LogP contribution in [0, 0.1) is 0 Å². The number of rotatable bonds is 1. The molecule has 1 nitrogen and oxygen atoms in total. The first-order valence-electron chi connectivity index (χ1n) is 1.06. The molecule has 0 rings (SSSR count). The van der Waals surface area contributed by atoms with Gasteiger partial charge in [0.25, 0.3) is 0 Å². The smallest absolute Gasteiger partial charge is 0.854 e. The fourth-order valence-corrected chi connectivity index (χ4v) is 0. The summed E-state index contributed by atoms with van der Waals surface area (Å²) in [5.74, 6) is 0.236. The summed E-state index contributed by atoms with van der Waals surface area (Å²) >= 11 is 4.87. The molecule has 0 aliphatic carbocycles. The first-order chi connectivity index (χ1) is 1.91. The molecule has 0 bridgehead atoms. The Kier molecular flexibility index (Phi) is 17.1. The maximum absolute atomic E-state index is 9.17. The van der Waals surface area contributed by atoms with Gasteiger partial charge < -0.3 is 5.11 Å². The Bertz CT molecular complexity index is 11.6. The van der Waals surface area contributed by atoms with Gasteiger partial charge in [-0.05, 0) is 0 Å². The SMILES string of the molecule is [Na+].[O-]CCCl. The second-order valence-corrected chi connectivity index (χ2v) is 0.771. The fourth-order valence-electron chi connectivity index (χ4n) is 0. The van der Waals surface area contributed by atoms with Crippen molar-refractivity contribution in [3.05, 3.63) is 0 Å². The molecule has 0 saturated carbocycles. The van der Waals surface area contributed by atoms with E-state index < -0.39 is 0 Å². The molecule has 0 aromatic heterocycles. The Morgan fingerprint density at radius 3 is 1.80 bits per heavy atom. The van der Waals surface area contributed by atoms with E-state index in [1.807, 2.05) is 0 Å². The molecule has 0 unspecified atom stereocenters. The quantitative estimate of drug-likeness (QED) is 0.250. The molecule has 0 spiro atoms. The van der Waals surface area contributed by atoms with E-state index in [1.54, 1.807) is 0 Å². The van der Waals surface area contributed by atoms with Crippen molar-refractivity contribution >= 4 is 11.6 Å². The molecule has 0 fully saturated rings. The van der Waals surface area contributed by atoms with Crippen molar-refractivity contribution < 1.29 is 34.7 Å². The predicted octanol–water partition coefficient (Wildman–Crippen LogP) is -3.41. The van der Waals surface area contributed by atoms with E-state index in [1.165, 1.54) is 0 Å².